The van der Waals surface area contributed by atoms with Crippen LogP contribution in [-0.2, 0) is 9.63 Å². The quantitative estimate of drug-likeness (QED) is 0.475. The molecule has 0 unspecified atom stereocenters. The maximum absolute atomic E-state index is 10.3. The maximum Gasteiger partial charge on any atom is 0.240 e. The number of nitrogens with one attached hydrogen (secondary N) is 1. The molecular weight excluding hydrogens is 130 g/mol. The molecule has 3 heteroatoms. The summed E-state index contributed by atoms with van der Waals surface area (Å²) in [5.41, 5.74) is 2.26. The number of hydrogen-bond acceptors (Lipinski definition) is 2. The van der Waals surface area contributed by atoms with Crippen molar-refractivity contribution in [2.75, 3.05) is 6.61 Å². The Balaban J connectivity index is 2.98. The molecule has 0 aliphatic carbocycles. The van der Waals surface area contributed by atoms with Crippen molar-refractivity contribution >= 4 is 5.91 Å². The summed E-state index contributed by atoms with van der Waals surface area (Å²) < 4.78 is 0. The number of rotatable bonds is 4. The average Bonchev–Trinajstić information content (AvgIpc) is 1.79. The molecule has 0 atom stereocenters. The third-order valence-corrected chi connectivity index (χ3v) is 1.01. The summed E-state index contributed by atoms with van der Waals surface area (Å²) in [4.78, 5) is 15.1. The first-order valence-corrected chi connectivity index (χ1v) is 3.51. The van der Waals surface area contributed by atoms with Crippen LogP contribution in [0.1, 0.15) is 27.2 Å². The number of carbonyl (C=O) groups is 1. The van der Waals surface area contributed by atoms with Gasteiger partial charge < -0.3 is 0 Å². The Morgan fingerprint density at radius 3 is 2.60 bits per heavy atom. The fourth-order valence-corrected chi connectivity index (χ4v) is 0.447. The second kappa shape index (κ2) is 5.23. The van der Waals surface area contributed by atoms with Crippen molar-refractivity contribution in [2.45, 2.75) is 27.2 Å². The predicted molar refractivity (Wildman–Crippen MR) is 39.2 cm³/mol. The molecule has 0 saturated carbocycles. The highest BCUT2D eigenvalue weighted by atomic mass is 16.6. The molecule has 0 aliphatic rings. The summed E-state index contributed by atoms with van der Waals surface area (Å²) in [6, 6.07) is 0. The molecule has 1 amide bonds. The van der Waals surface area contributed by atoms with Crippen molar-refractivity contribution in [1.82, 2.24) is 5.48 Å². The monoisotopic (exact) mass is 145 g/mol. The van der Waals surface area contributed by atoms with E-state index in [1.165, 1.54) is 6.92 Å². The number of hydroxylamine groups is 1. The van der Waals surface area contributed by atoms with E-state index in [2.05, 4.69) is 19.3 Å². The molecule has 0 aromatic carbocycles. The average molecular weight is 145 g/mol. The second-order valence-electron chi connectivity index (χ2n) is 2.69. The van der Waals surface area contributed by atoms with Crippen LogP contribution in [0.4, 0.5) is 0 Å². The van der Waals surface area contributed by atoms with Crippen LogP contribution >= 0.6 is 0 Å². The van der Waals surface area contributed by atoms with Gasteiger partial charge in [-0.1, -0.05) is 13.8 Å². The summed E-state index contributed by atoms with van der Waals surface area (Å²) >= 11 is 0. The fourth-order valence-electron chi connectivity index (χ4n) is 0.447. The van der Waals surface area contributed by atoms with E-state index in [-0.39, 0.29) is 5.91 Å². The maximum atomic E-state index is 10.3. The Morgan fingerprint density at radius 1 is 1.60 bits per heavy atom. The van der Waals surface area contributed by atoms with Gasteiger partial charge in [-0.15, -0.1) is 0 Å². The van der Waals surface area contributed by atoms with E-state index in [0.717, 1.165) is 6.42 Å². The molecule has 0 radical (unpaired) electrons. The van der Waals surface area contributed by atoms with Gasteiger partial charge in [0.2, 0.25) is 5.91 Å². The third-order valence-electron chi connectivity index (χ3n) is 1.01. The fraction of sp³-hybridized carbons (Fsp3) is 0.857. The first kappa shape index (κ1) is 9.43. The molecule has 1 N–H and O–H groups in total. The van der Waals surface area contributed by atoms with Crippen molar-refractivity contribution in [3.8, 4) is 0 Å². The highest BCUT2D eigenvalue weighted by Crippen LogP contribution is 1.97. The molecule has 0 aromatic heterocycles. The zero-order valence-electron chi connectivity index (χ0n) is 6.81. The Hall–Kier alpha value is -0.570. The van der Waals surface area contributed by atoms with Crippen molar-refractivity contribution in [2.24, 2.45) is 5.92 Å². The van der Waals surface area contributed by atoms with E-state index in [4.69, 9.17) is 4.84 Å². The number of carbonyl (C=O) groups excluding carboxylic acids is 1. The molecule has 0 aliphatic heterocycles. The van der Waals surface area contributed by atoms with Crippen molar-refractivity contribution in [3.63, 3.8) is 0 Å². The van der Waals surface area contributed by atoms with E-state index in [9.17, 15) is 4.79 Å². The topological polar surface area (TPSA) is 38.3 Å². The third kappa shape index (κ3) is 7.43. The lowest BCUT2D eigenvalue weighted by Crippen LogP contribution is -2.21. The molecule has 0 saturated heterocycles. The van der Waals surface area contributed by atoms with E-state index < -0.39 is 0 Å². The molecule has 60 valence electrons. The minimum absolute atomic E-state index is 0.149. The van der Waals surface area contributed by atoms with Gasteiger partial charge in [0.15, 0.2) is 0 Å². The van der Waals surface area contributed by atoms with E-state index >= 15 is 0 Å². The van der Waals surface area contributed by atoms with Gasteiger partial charge in [-0.2, -0.15) is 0 Å². The molecule has 10 heavy (non-hydrogen) atoms. The van der Waals surface area contributed by atoms with Gasteiger partial charge in [-0.05, 0) is 12.3 Å². The van der Waals surface area contributed by atoms with Crippen LogP contribution < -0.4 is 5.48 Å². The lowest BCUT2D eigenvalue weighted by Gasteiger charge is -2.04. The molecule has 0 spiro atoms. The zero-order chi connectivity index (χ0) is 7.98. The van der Waals surface area contributed by atoms with Crippen LogP contribution in [0.5, 0.6) is 0 Å². The van der Waals surface area contributed by atoms with Gasteiger partial charge in [0.1, 0.15) is 0 Å². The first-order chi connectivity index (χ1) is 4.63. The molecule has 0 fully saturated rings. The summed E-state index contributed by atoms with van der Waals surface area (Å²) in [6.07, 6.45) is 0.972. The van der Waals surface area contributed by atoms with Gasteiger partial charge in [0.25, 0.3) is 0 Å². The van der Waals surface area contributed by atoms with Crippen molar-refractivity contribution < 1.29 is 9.63 Å². The first-order valence-electron chi connectivity index (χ1n) is 3.51. The standard InChI is InChI=1S/C7H15NO2/c1-6(2)4-5-10-8-7(3)9/h6H,4-5H2,1-3H3,(H,8,9). The zero-order valence-corrected chi connectivity index (χ0v) is 6.81. The van der Waals surface area contributed by atoms with Gasteiger partial charge in [-0.25, -0.2) is 5.48 Å². The van der Waals surface area contributed by atoms with Gasteiger partial charge in [-0.3, -0.25) is 9.63 Å². The Labute approximate surface area is 61.7 Å². The normalized spacial score (nSPS) is 10.0. The molecule has 0 aromatic rings. The molecular formula is C7H15NO2. The van der Waals surface area contributed by atoms with E-state index in [0.29, 0.717) is 12.5 Å². The second-order valence-corrected chi connectivity index (χ2v) is 2.69. The highest BCUT2D eigenvalue weighted by molar-refractivity contribution is 5.71. The number of amides is 1. The van der Waals surface area contributed by atoms with Crippen LogP contribution in [0.3, 0.4) is 0 Å². The van der Waals surface area contributed by atoms with Crippen molar-refractivity contribution in [1.29, 1.82) is 0 Å². The van der Waals surface area contributed by atoms with Crippen LogP contribution in [0.25, 0.3) is 0 Å². The van der Waals surface area contributed by atoms with Gasteiger partial charge >= 0.3 is 0 Å². The summed E-state index contributed by atoms with van der Waals surface area (Å²) in [7, 11) is 0. The summed E-state index contributed by atoms with van der Waals surface area (Å²) in [5.74, 6) is 0.470. The SMILES string of the molecule is CC(=O)NOCCC(C)C. The van der Waals surface area contributed by atoms with Crippen LogP contribution in [-0.4, -0.2) is 12.5 Å². The Bertz CT molecular complexity index is 102. The molecule has 0 bridgehead atoms. The largest absolute Gasteiger partial charge is 0.274 e. The van der Waals surface area contributed by atoms with Crippen molar-refractivity contribution in [3.05, 3.63) is 0 Å². The Kier molecular flexibility index (Phi) is 4.94. The number of hydrogen-bond donors (Lipinski definition) is 1. The predicted octanol–water partition coefficient (Wildman–Crippen LogP) is 1.10. The molecule has 0 heterocycles. The van der Waals surface area contributed by atoms with E-state index in [1.807, 2.05) is 0 Å². The summed E-state index contributed by atoms with van der Waals surface area (Å²) in [5, 5.41) is 0. The van der Waals surface area contributed by atoms with E-state index in [1.54, 1.807) is 0 Å². The van der Waals surface area contributed by atoms with Crippen LogP contribution in [0, 0.1) is 5.92 Å². The lowest BCUT2D eigenvalue weighted by molar-refractivity contribution is -0.131. The molecule has 3 nitrogen and oxygen atoms in total. The molecule has 0 rings (SSSR count). The Morgan fingerprint density at radius 2 is 2.20 bits per heavy atom. The van der Waals surface area contributed by atoms with Gasteiger partial charge in [0, 0.05) is 6.92 Å². The minimum atomic E-state index is -0.149. The lowest BCUT2D eigenvalue weighted by atomic mass is 10.1. The van der Waals surface area contributed by atoms with Crippen LogP contribution in [0.15, 0.2) is 0 Å². The smallest absolute Gasteiger partial charge is 0.240 e. The minimum Gasteiger partial charge on any atom is -0.274 e. The van der Waals surface area contributed by atoms with Gasteiger partial charge in [0.05, 0.1) is 6.61 Å². The summed E-state index contributed by atoms with van der Waals surface area (Å²) in [6.45, 7) is 6.24. The van der Waals surface area contributed by atoms with Crippen LogP contribution in [0.2, 0.25) is 0 Å². The highest BCUT2D eigenvalue weighted by Gasteiger charge is 1.94.